The number of nitrogens with zero attached hydrogens (tertiary/aromatic N) is 2. The van der Waals surface area contributed by atoms with Gasteiger partial charge in [0.2, 0.25) is 5.91 Å². The number of carbonyl (C=O) groups excluding carboxylic acids is 1. The van der Waals surface area contributed by atoms with E-state index in [1.807, 2.05) is 23.1 Å². The Bertz CT molecular complexity index is 761. The van der Waals surface area contributed by atoms with E-state index in [1.54, 1.807) is 6.08 Å². The summed E-state index contributed by atoms with van der Waals surface area (Å²) < 4.78 is 23.3. The van der Waals surface area contributed by atoms with Crippen LogP contribution in [0.3, 0.4) is 0 Å². The van der Waals surface area contributed by atoms with Crippen LogP contribution in [0.5, 0.6) is 0 Å². The molecule has 2 aliphatic rings. The average molecular weight is 377 g/mol. The summed E-state index contributed by atoms with van der Waals surface area (Å²) in [5.74, 6) is 1.10. The number of rotatable bonds is 4. The lowest BCUT2D eigenvalue weighted by atomic mass is 10.0. The normalized spacial score (nSPS) is 23.8. The molecular formula is C20H28N2O3S. The Labute approximate surface area is 156 Å². The maximum atomic E-state index is 12.4. The van der Waals surface area contributed by atoms with E-state index in [1.165, 1.54) is 5.56 Å². The molecule has 1 amide bonds. The van der Waals surface area contributed by atoms with Crippen molar-refractivity contribution in [1.29, 1.82) is 0 Å². The Kier molecular flexibility index (Phi) is 5.82. The second-order valence-corrected chi connectivity index (χ2v) is 9.80. The van der Waals surface area contributed by atoms with Gasteiger partial charge < -0.3 is 4.90 Å². The molecule has 0 spiro atoms. The monoisotopic (exact) mass is 376 g/mol. The predicted octanol–water partition coefficient (Wildman–Crippen LogP) is 2.15. The van der Waals surface area contributed by atoms with Gasteiger partial charge in [0.1, 0.15) is 0 Å². The van der Waals surface area contributed by atoms with Gasteiger partial charge in [0.05, 0.1) is 11.5 Å². The van der Waals surface area contributed by atoms with Crippen molar-refractivity contribution in [2.45, 2.75) is 32.2 Å². The van der Waals surface area contributed by atoms with Gasteiger partial charge in [-0.3, -0.25) is 9.69 Å². The first-order valence-corrected chi connectivity index (χ1v) is 11.2. The third kappa shape index (κ3) is 4.74. The highest BCUT2D eigenvalue weighted by Gasteiger charge is 2.34. The van der Waals surface area contributed by atoms with Gasteiger partial charge in [-0.2, -0.15) is 0 Å². The second kappa shape index (κ2) is 7.92. The maximum Gasteiger partial charge on any atom is 0.246 e. The molecule has 0 unspecified atom stereocenters. The van der Waals surface area contributed by atoms with Gasteiger partial charge in [0.25, 0.3) is 0 Å². The molecule has 0 saturated carbocycles. The molecule has 2 saturated heterocycles. The predicted molar refractivity (Wildman–Crippen MR) is 105 cm³/mol. The highest BCUT2D eigenvalue weighted by molar-refractivity contribution is 7.91. The number of hydrogen-bond acceptors (Lipinski definition) is 4. The van der Waals surface area contributed by atoms with E-state index in [0.717, 1.165) is 25.1 Å². The highest BCUT2D eigenvalue weighted by atomic mass is 32.2. The van der Waals surface area contributed by atoms with Crippen molar-refractivity contribution < 1.29 is 13.2 Å². The highest BCUT2D eigenvalue weighted by Crippen LogP contribution is 2.19. The van der Waals surface area contributed by atoms with Crippen LogP contribution in [0.2, 0.25) is 0 Å². The Morgan fingerprint density at radius 2 is 1.77 bits per heavy atom. The molecule has 2 fully saturated rings. The number of benzene rings is 1. The molecule has 1 aromatic rings. The zero-order valence-corrected chi connectivity index (χ0v) is 16.4. The van der Waals surface area contributed by atoms with Crippen molar-refractivity contribution in [3.05, 3.63) is 41.5 Å². The van der Waals surface area contributed by atoms with Crippen molar-refractivity contribution >= 4 is 21.8 Å². The first-order chi connectivity index (χ1) is 12.3. The minimum Gasteiger partial charge on any atom is -0.337 e. The van der Waals surface area contributed by atoms with Gasteiger partial charge in [-0.05, 0) is 29.5 Å². The molecule has 5 nitrogen and oxygen atoms in total. The van der Waals surface area contributed by atoms with Crippen LogP contribution in [-0.4, -0.2) is 67.9 Å². The molecule has 0 N–H and O–H groups in total. The summed E-state index contributed by atoms with van der Waals surface area (Å²) in [6.45, 7) is 7.15. The summed E-state index contributed by atoms with van der Waals surface area (Å²) >= 11 is 0. The fraction of sp³-hybridized carbons (Fsp3) is 0.550. The van der Waals surface area contributed by atoms with Gasteiger partial charge in [-0.1, -0.05) is 38.1 Å². The number of piperazine rings is 1. The zero-order chi connectivity index (χ0) is 18.7. The molecule has 2 heterocycles. The number of hydrogen-bond donors (Lipinski definition) is 0. The van der Waals surface area contributed by atoms with E-state index < -0.39 is 9.84 Å². The largest absolute Gasteiger partial charge is 0.337 e. The molecular weight excluding hydrogens is 348 g/mol. The van der Waals surface area contributed by atoms with E-state index in [0.29, 0.717) is 24.8 Å². The summed E-state index contributed by atoms with van der Waals surface area (Å²) in [5.41, 5.74) is 2.32. The van der Waals surface area contributed by atoms with Crippen LogP contribution in [0.4, 0.5) is 0 Å². The lowest BCUT2D eigenvalue weighted by molar-refractivity contribution is -0.127. The zero-order valence-electron chi connectivity index (χ0n) is 15.6. The third-order valence-electron chi connectivity index (χ3n) is 5.37. The average Bonchev–Trinajstić information content (AvgIpc) is 3.00. The van der Waals surface area contributed by atoms with E-state index >= 15 is 0 Å². The topological polar surface area (TPSA) is 57.7 Å². The Morgan fingerprint density at radius 1 is 1.12 bits per heavy atom. The minimum absolute atomic E-state index is 0.0247. The van der Waals surface area contributed by atoms with Crippen molar-refractivity contribution in [3.8, 4) is 0 Å². The quantitative estimate of drug-likeness (QED) is 0.756. The van der Waals surface area contributed by atoms with Crippen molar-refractivity contribution in [2.24, 2.45) is 0 Å². The minimum atomic E-state index is -2.86. The lowest BCUT2D eigenvalue weighted by Gasteiger charge is -2.37. The van der Waals surface area contributed by atoms with Gasteiger partial charge in [-0.25, -0.2) is 8.42 Å². The molecule has 0 aliphatic carbocycles. The molecule has 0 bridgehead atoms. The smallest absolute Gasteiger partial charge is 0.246 e. The third-order valence-corrected chi connectivity index (χ3v) is 7.12. The maximum absolute atomic E-state index is 12.4. The van der Waals surface area contributed by atoms with E-state index in [4.69, 9.17) is 0 Å². The van der Waals surface area contributed by atoms with E-state index in [2.05, 4.69) is 30.9 Å². The molecule has 3 rings (SSSR count). The van der Waals surface area contributed by atoms with E-state index in [9.17, 15) is 13.2 Å². The fourth-order valence-electron chi connectivity index (χ4n) is 3.64. The summed E-state index contributed by atoms with van der Waals surface area (Å²) in [6.07, 6.45) is 4.23. The number of carbonyl (C=O) groups is 1. The summed E-state index contributed by atoms with van der Waals surface area (Å²) in [5, 5.41) is 0. The van der Waals surface area contributed by atoms with Crippen LogP contribution in [0, 0.1) is 0 Å². The molecule has 0 aromatic heterocycles. The van der Waals surface area contributed by atoms with E-state index in [-0.39, 0.29) is 17.7 Å². The van der Waals surface area contributed by atoms with Crippen molar-refractivity contribution in [1.82, 2.24) is 9.80 Å². The Hall–Kier alpha value is -1.66. The van der Waals surface area contributed by atoms with Crippen molar-refractivity contribution in [2.75, 3.05) is 37.7 Å². The lowest BCUT2D eigenvalue weighted by Crippen LogP contribution is -2.52. The first-order valence-electron chi connectivity index (χ1n) is 9.35. The van der Waals surface area contributed by atoms with Crippen LogP contribution < -0.4 is 0 Å². The molecule has 6 heteroatoms. The molecule has 0 radical (unpaired) electrons. The molecule has 26 heavy (non-hydrogen) atoms. The molecule has 142 valence electrons. The van der Waals surface area contributed by atoms with Crippen molar-refractivity contribution in [3.63, 3.8) is 0 Å². The summed E-state index contributed by atoms with van der Waals surface area (Å²) in [4.78, 5) is 16.5. The Morgan fingerprint density at radius 3 is 2.31 bits per heavy atom. The fourth-order valence-corrected chi connectivity index (χ4v) is 5.40. The molecule has 2 aliphatic heterocycles. The van der Waals surface area contributed by atoms with Crippen LogP contribution in [0.15, 0.2) is 30.3 Å². The van der Waals surface area contributed by atoms with Gasteiger partial charge >= 0.3 is 0 Å². The van der Waals surface area contributed by atoms with Crippen LogP contribution >= 0.6 is 0 Å². The summed E-state index contributed by atoms with van der Waals surface area (Å²) in [6, 6.07) is 8.41. The van der Waals surface area contributed by atoms with Crippen LogP contribution in [-0.2, 0) is 14.6 Å². The van der Waals surface area contributed by atoms with Crippen LogP contribution in [0.1, 0.15) is 37.3 Å². The number of sulfone groups is 1. The van der Waals surface area contributed by atoms with Gasteiger partial charge in [0.15, 0.2) is 9.84 Å². The first kappa shape index (κ1) is 19.1. The van der Waals surface area contributed by atoms with Gasteiger partial charge in [-0.15, -0.1) is 0 Å². The second-order valence-electron chi connectivity index (χ2n) is 7.57. The van der Waals surface area contributed by atoms with Gasteiger partial charge in [0, 0.05) is 38.3 Å². The van der Waals surface area contributed by atoms with Crippen LogP contribution in [0.25, 0.3) is 6.08 Å². The molecule has 1 aromatic carbocycles. The SMILES string of the molecule is CC(C)c1ccc(/C=C/C(=O)N2CCN([C@@H]3CCS(=O)(=O)C3)CC2)cc1. The molecule has 1 atom stereocenters. The Balaban J connectivity index is 1.50. The standard InChI is InChI=1S/C20H28N2O3S/c1-16(2)18-6-3-17(4-7-18)5-8-20(23)22-12-10-21(11-13-22)19-9-14-26(24,25)15-19/h3-8,16,19H,9-15H2,1-2H3/b8-5+/t19-/m1/s1. The number of amides is 1. The summed E-state index contributed by atoms with van der Waals surface area (Å²) in [7, 11) is -2.86.